The summed E-state index contributed by atoms with van der Waals surface area (Å²) in [6.07, 6.45) is 3.30. The molecule has 1 aliphatic heterocycles. The lowest BCUT2D eigenvalue weighted by Gasteiger charge is -2.21. The molecule has 0 unspecified atom stereocenters. The summed E-state index contributed by atoms with van der Waals surface area (Å²) < 4.78 is 35.7. The van der Waals surface area contributed by atoms with Crippen molar-refractivity contribution in [1.82, 2.24) is 5.16 Å². The summed E-state index contributed by atoms with van der Waals surface area (Å²) in [4.78, 5) is 12.9. The Morgan fingerprint density at radius 1 is 1.26 bits per heavy atom. The number of sulfone groups is 1. The van der Waals surface area contributed by atoms with Gasteiger partial charge in [-0.1, -0.05) is 11.2 Å². The molecule has 0 amide bonds. The lowest BCUT2D eigenvalue weighted by atomic mass is 10.0. The SMILES string of the molecule is Cc1ccc(C(=O)c2cnoc2C2CC2)c2c1OCCS2(=O)=O. The number of ether oxygens (including phenoxy) is 1. The van der Waals surface area contributed by atoms with Gasteiger partial charge in [0.15, 0.2) is 21.4 Å². The maximum atomic E-state index is 12.9. The first-order chi connectivity index (χ1) is 11.0. The van der Waals surface area contributed by atoms with Gasteiger partial charge in [0.2, 0.25) is 0 Å². The number of carbonyl (C=O) groups is 1. The minimum absolute atomic E-state index is 0.00306. The Kier molecular flexibility index (Phi) is 3.09. The number of rotatable bonds is 3. The highest BCUT2D eigenvalue weighted by atomic mass is 32.2. The van der Waals surface area contributed by atoms with E-state index in [2.05, 4.69) is 5.16 Å². The van der Waals surface area contributed by atoms with Crippen molar-refractivity contribution in [3.05, 3.63) is 40.8 Å². The van der Waals surface area contributed by atoms with Crippen molar-refractivity contribution >= 4 is 15.6 Å². The molecule has 0 atom stereocenters. The molecule has 1 saturated carbocycles. The van der Waals surface area contributed by atoms with Gasteiger partial charge in [-0.15, -0.1) is 0 Å². The van der Waals surface area contributed by atoms with Gasteiger partial charge in [-0.25, -0.2) is 8.42 Å². The van der Waals surface area contributed by atoms with Gasteiger partial charge in [-0.3, -0.25) is 4.79 Å². The fourth-order valence-corrected chi connectivity index (χ4v) is 4.39. The minimum atomic E-state index is -3.55. The van der Waals surface area contributed by atoms with Gasteiger partial charge in [-0.2, -0.15) is 0 Å². The Balaban J connectivity index is 1.89. The topological polar surface area (TPSA) is 86.5 Å². The van der Waals surface area contributed by atoms with Gasteiger partial charge in [0.05, 0.1) is 17.5 Å². The second-order valence-corrected chi connectivity index (χ2v) is 8.01. The number of ketones is 1. The Morgan fingerprint density at radius 3 is 2.78 bits per heavy atom. The van der Waals surface area contributed by atoms with Crippen molar-refractivity contribution in [2.75, 3.05) is 12.4 Å². The molecule has 0 N–H and O–H groups in total. The molecule has 120 valence electrons. The molecule has 0 saturated heterocycles. The largest absolute Gasteiger partial charge is 0.491 e. The number of hydrogen-bond donors (Lipinski definition) is 0. The van der Waals surface area contributed by atoms with Crippen LogP contribution < -0.4 is 4.74 Å². The predicted molar refractivity (Wildman–Crippen MR) is 80.6 cm³/mol. The molecule has 0 bridgehead atoms. The van der Waals surface area contributed by atoms with E-state index in [1.54, 1.807) is 19.1 Å². The summed E-state index contributed by atoms with van der Waals surface area (Å²) in [6.45, 7) is 1.87. The molecule has 0 radical (unpaired) electrons. The molecule has 1 aromatic heterocycles. The summed E-state index contributed by atoms with van der Waals surface area (Å²) in [7, 11) is -3.55. The van der Waals surface area contributed by atoms with E-state index in [0.29, 0.717) is 16.9 Å². The van der Waals surface area contributed by atoms with E-state index in [1.807, 2.05) is 0 Å². The zero-order valence-electron chi connectivity index (χ0n) is 12.5. The predicted octanol–water partition coefficient (Wildman–Crippen LogP) is 2.26. The molecule has 2 aliphatic rings. The number of aryl methyl sites for hydroxylation is 1. The summed E-state index contributed by atoms with van der Waals surface area (Å²) in [5, 5.41) is 3.72. The Labute approximate surface area is 133 Å². The first kappa shape index (κ1) is 14.4. The van der Waals surface area contributed by atoms with Gasteiger partial charge in [0.1, 0.15) is 17.3 Å². The Bertz CT molecular complexity index is 909. The van der Waals surface area contributed by atoms with Crippen LogP contribution in [0.15, 0.2) is 27.7 Å². The van der Waals surface area contributed by atoms with Crippen LogP contribution >= 0.6 is 0 Å². The van der Waals surface area contributed by atoms with Crippen LogP contribution in [0.2, 0.25) is 0 Å². The Morgan fingerprint density at radius 2 is 2.04 bits per heavy atom. The third-order valence-corrected chi connectivity index (χ3v) is 5.99. The van der Waals surface area contributed by atoms with Crippen molar-refractivity contribution in [2.45, 2.75) is 30.6 Å². The minimum Gasteiger partial charge on any atom is -0.491 e. The molecule has 2 aromatic rings. The summed E-state index contributed by atoms with van der Waals surface area (Å²) in [5.41, 5.74) is 1.18. The van der Waals surface area contributed by atoms with Gasteiger partial charge < -0.3 is 9.26 Å². The maximum absolute atomic E-state index is 12.9. The van der Waals surface area contributed by atoms with Crippen LogP contribution in [0.4, 0.5) is 0 Å². The average molecular weight is 333 g/mol. The van der Waals surface area contributed by atoms with E-state index in [0.717, 1.165) is 12.8 Å². The average Bonchev–Trinajstić information content (AvgIpc) is 3.24. The monoisotopic (exact) mass is 333 g/mol. The molecular formula is C16H15NO5S. The molecule has 4 rings (SSSR count). The number of carbonyl (C=O) groups excluding carboxylic acids is 1. The van der Waals surface area contributed by atoms with E-state index in [4.69, 9.17) is 9.26 Å². The number of benzene rings is 1. The summed E-state index contributed by atoms with van der Waals surface area (Å²) in [6, 6.07) is 3.25. The lowest BCUT2D eigenvalue weighted by molar-refractivity contribution is 0.103. The van der Waals surface area contributed by atoms with Crippen LogP contribution in [0.25, 0.3) is 0 Å². The van der Waals surface area contributed by atoms with Crippen molar-refractivity contribution in [3.8, 4) is 5.75 Å². The zero-order chi connectivity index (χ0) is 16.2. The molecule has 23 heavy (non-hydrogen) atoms. The molecule has 2 heterocycles. The molecule has 1 aromatic carbocycles. The third-order valence-electron chi connectivity index (χ3n) is 4.25. The fraction of sp³-hybridized carbons (Fsp3) is 0.375. The number of aromatic nitrogens is 1. The molecular weight excluding hydrogens is 318 g/mol. The number of fused-ring (bicyclic) bond motifs is 1. The van der Waals surface area contributed by atoms with Crippen LogP contribution in [0, 0.1) is 6.92 Å². The van der Waals surface area contributed by atoms with Gasteiger partial charge in [-0.05, 0) is 31.4 Å². The quantitative estimate of drug-likeness (QED) is 0.801. The number of hydrogen-bond acceptors (Lipinski definition) is 6. The van der Waals surface area contributed by atoms with Crippen LogP contribution in [0.5, 0.6) is 5.75 Å². The van der Waals surface area contributed by atoms with E-state index in [9.17, 15) is 13.2 Å². The molecule has 7 heteroatoms. The van der Waals surface area contributed by atoms with Crippen molar-refractivity contribution in [2.24, 2.45) is 0 Å². The second kappa shape index (κ2) is 4.92. The Hall–Kier alpha value is -2.15. The van der Waals surface area contributed by atoms with E-state index in [-0.39, 0.29) is 40.3 Å². The van der Waals surface area contributed by atoms with Gasteiger partial charge in [0, 0.05) is 11.5 Å². The van der Waals surface area contributed by atoms with Gasteiger partial charge in [0.25, 0.3) is 0 Å². The van der Waals surface area contributed by atoms with Crippen LogP contribution in [-0.2, 0) is 9.84 Å². The molecule has 6 nitrogen and oxygen atoms in total. The first-order valence-corrected chi connectivity index (χ1v) is 9.12. The highest BCUT2D eigenvalue weighted by molar-refractivity contribution is 7.91. The van der Waals surface area contributed by atoms with Crippen LogP contribution in [0.1, 0.15) is 46.0 Å². The first-order valence-electron chi connectivity index (χ1n) is 7.47. The normalized spacial score (nSPS) is 19.0. The zero-order valence-corrected chi connectivity index (χ0v) is 13.4. The number of nitrogens with zero attached hydrogens (tertiary/aromatic N) is 1. The fourth-order valence-electron chi connectivity index (χ4n) is 2.89. The van der Waals surface area contributed by atoms with E-state index in [1.165, 1.54) is 6.20 Å². The van der Waals surface area contributed by atoms with Gasteiger partial charge >= 0.3 is 0 Å². The highest BCUT2D eigenvalue weighted by Gasteiger charge is 2.36. The smallest absolute Gasteiger partial charge is 0.199 e. The van der Waals surface area contributed by atoms with E-state index >= 15 is 0 Å². The van der Waals surface area contributed by atoms with E-state index < -0.39 is 9.84 Å². The highest BCUT2D eigenvalue weighted by Crippen LogP contribution is 2.43. The second-order valence-electron chi connectivity index (χ2n) is 5.96. The maximum Gasteiger partial charge on any atom is 0.199 e. The standard InChI is InChI=1S/C16H15NO5S/c1-9-2-5-11(16-14(9)21-6-7-23(16,19)20)13(18)12-8-17-22-15(12)10-3-4-10/h2,5,8,10H,3-4,6-7H2,1H3. The summed E-state index contributed by atoms with van der Waals surface area (Å²) >= 11 is 0. The third kappa shape index (κ3) is 2.26. The van der Waals surface area contributed by atoms with Crippen molar-refractivity contribution in [3.63, 3.8) is 0 Å². The van der Waals surface area contributed by atoms with Crippen LogP contribution in [-0.4, -0.2) is 31.7 Å². The molecule has 0 spiro atoms. The van der Waals surface area contributed by atoms with Crippen molar-refractivity contribution in [1.29, 1.82) is 0 Å². The lowest BCUT2D eigenvalue weighted by Crippen LogP contribution is -2.24. The molecule has 1 fully saturated rings. The van der Waals surface area contributed by atoms with Crippen molar-refractivity contribution < 1.29 is 22.5 Å². The van der Waals surface area contributed by atoms with Crippen LogP contribution in [0.3, 0.4) is 0 Å². The summed E-state index contributed by atoms with van der Waals surface area (Å²) in [5.74, 6) is 0.553. The molecule has 1 aliphatic carbocycles.